The molecule has 222 valence electrons. The molecule has 2 N–H and O–H groups in total. The number of carbonyl (C=O) groups is 2. The first-order valence-corrected chi connectivity index (χ1v) is 12.4. The number of fused-ring (bicyclic) bond motifs is 1. The number of H-pyrrole nitrogens is 1. The van der Waals surface area contributed by atoms with Crippen LogP contribution in [0.4, 0.5) is 36.6 Å². The van der Waals surface area contributed by atoms with Gasteiger partial charge in [-0.05, 0) is 53.9 Å². The van der Waals surface area contributed by atoms with E-state index < -0.39 is 48.0 Å². The molecular formula is C28H22F7N3O4. The topological polar surface area (TPSA) is 93.3 Å². The summed E-state index contributed by atoms with van der Waals surface area (Å²) in [5.74, 6) is -6.09. The van der Waals surface area contributed by atoms with E-state index >= 15 is 0 Å². The van der Waals surface area contributed by atoms with Crippen LogP contribution in [0.25, 0.3) is 10.9 Å². The number of nitrogens with zero attached hydrogens (tertiary/aromatic N) is 1. The molecule has 2 heterocycles. The second-order valence-corrected chi connectivity index (χ2v) is 9.05. The van der Waals surface area contributed by atoms with Crippen molar-refractivity contribution in [2.75, 3.05) is 18.5 Å². The van der Waals surface area contributed by atoms with Gasteiger partial charge in [0.05, 0.1) is 18.6 Å². The second kappa shape index (κ2) is 12.5. The molecule has 1 atom stereocenters. The van der Waals surface area contributed by atoms with Crippen LogP contribution in [0.5, 0.6) is 5.75 Å². The van der Waals surface area contributed by atoms with Gasteiger partial charge >= 0.3 is 24.3 Å². The number of nitrogens with one attached hydrogen (secondary N) is 2. The van der Waals surface area contributed by atoms with E-state index in [9.17, 15) is 40.3 Å². The van der Waals surface area contributed by atoms with Crippen molar-refractivity contribution in [3.8, 4) is 5.75 Å². The van der Waals surface area contributed by atoms with Gasteiger partial charge in [0.2, 0.25) is 0 Å². The van der Waals surface area contributed by atoms with Gasteiger partial charge in [0, 0.05) is 41.8 Å². The maximum Gasteiger partial charge on any atom is 0.491 e. The number of aromatic amines is 1. The Morgan fingerprint density at radius 1 is 1.00 bits per heavy atom. The summed E-state index contributed by atoms with van der Waals surface area (Å²) in [7, 11) is 0. The van der Waals surface area contributed by atoms with Crippen molar-refractivity contribution in [1.82, 2.24) is 9.97 Å². The molecule has 4 rings (SSSR count). The molecule has 0 saturated carbocycles. The van der Waals surface area contributed by atoms with Crippen molar-refractivity contribution in [3.63, 3.8) is 0 Å². The van der Waals surface area contributed by atoms with Crippen LogP contribution in [0.2, 0.25) is 0 Å². The molecule has 2 aromatic carbocycles. The van der Waals surface area contributed by atoms with E-state index in [4.69, 9.17) is 4.74 Å². The third kappa shape index (κ3) is 7.56. The molecule has 1 unspecified atom stereocenters. The van der Waals surface area contributed by atoms with Crippen LogP contribution >= 0.6 is 0 Å². The van der Waals surface area contributed by atoms with Gasteiger partial charge in [0.1, 0.15) is 17.4 Å². The molecule has 42 heavy (non-hydrogen) atoms. The highest BCUT2D eigenvalue weighted by molar-refractivity contribution is 5.90. The molecule has 0 aliphatic carbocycles. The highest BCUT2D eigenvalue weighted by atomic mass is 19.4. The van der Waals surface area contributed by atoms with Gasteiger partial charge in [-0.3, -0.25) is 4.79 Å². The molecule has 0 bridgehead atoms. The number of ether oxygens (including phenoxy) is 2. The Bertz CT molecular complexity index is 1550. The predicted molar refractivity (Wildman–Crippen MR) is 136 cm³/mol. The number of rotatable bonds is 10. The lowest BCUT2D eigenvalue weighted by Crippen LogP contribution is -2.28. The lowest BCUT2D eigenvalue weighted by molar-refractivity contribution is -0.201. The van der Waals surface area contributed by atoms with Crippen LogP contribution in [0.1, 0.15) is 35.4 Å². The Kier molecular flexibility index (Phi) is 9.02. The summed E-state index contributed by atoms with van der Waals surface area (Å²) in [5, 5.41) is 3.57. The van der Waals surface area contributed by atoms with Crippen molar-refractivity contribution in [2.45, 2.75) is 31.1 Å². The molecule has 0 aliphatic rings. The summed E-state index contributed by atoms with van der Waals surface area (Å²) in [6.45, 7) is 0.926. The first-order valence-electron chi connectivity index (χ1n) is 12.4. The molecule has 4 aromatic rings. The molecule has 0 fully saturated rings. The first-order chi connectivity index (χ1) is 19.8. The molecule has 0 aliphatic heterocycles. The van der Waals surface area contributed by atoms with E-state index in [2.05, 4.69) is 20.0 Å². The van der Waals surface area contributed by atoms with E-state index in [-0.39, 0.29) is 11.1 Å². The van der Waals surface area contributed by atoms with Crippen molar-refractivity contribution in [3.05, 3.63) is 89.5 Å². The number of benzene rings is 2. The van der Waals surface area contributed by atoms with E-state index in [1.54, 1.807) is 30.5 Å². The predicted octanol–water partition coefficient (Wildman–Crippen LogP) is 6.76. The van der Waals surface area contributed by atoms with Crippen LogP contribution in [-0.2, 0) is 20.5 Å². The Balaban J connectivity index is 1.54. The molecule has 2 aromatic heterocycles. The van der Waals surface area contributed by atoms with Gasteiger partial charge in [0.25, 0.3) is 0 Å². The van der Waals surface area contributed by atoms with Gasteiger partial charge in [-0.25, -0.2) is 14.2 Å². The molecule has 14 heteroatoms. The standard InChI is InChI=1S/C28H22F7N3O4/c29-22-12-16(5-8-21(22)27(30,31)32)19(14-25(39)42-26(40)28(33,34)35)20-15-38-23-13-17(6-7-18(20)23)41-11-3-10-37-24-4-1-2-9-36-24/h1-2,4-9,12-13,15,19,38H,3,10-11,14H2,(H,36,37). The maximum atomic E-state index is 14.4. The molecule has 0 amide bonds. The van der Waals surface area contributed by atoms with Gasteiger partial charge in [0.15, 0.2) is 0 Å². The van der Waals surface area contributed by atoms with Crippen LogP contribution in [-0.4, -0.2) is 41.2 Å². The third-order valence-corrected chi connectivity index (χ3v) is 6.13. The highest BCUT2D eigenvalue weighted by Gasteiger charge is 2.43. The van der Waals surface area contributed by atoms with Gasteiger partial charge < -0.3 is 19.8 Å². The van der Waals surface area contributed by atoms with Crippen molar-refractivity contribution in [2.24, 2.45) is 0 Å². The van der Waals surface area contributed by atoms with E-state index in [0.29, 0.717) is 54.2 Å². The summed E-state index contributed by atoms with van der Waals surface area (Å²) < 4.78 is 101. The monoisotopic (exact) mass is 597 g/mol. The van der Waals surface area contributed by atoms with Gasteiger partial charge in [-0.15, -0.1) is 0 Å². The van der Waals surface area contributed by atoms with E-state index in [1.165, 1.54) is 6.20 Å². The zero-order valence-corrected chi connectivity index (χ0v) is 21.5. The fourth-order valence-electron chi connectivity index (χ4n) is 4.21. The molecular weight excluding hydrogens is 575 g/mol. The van der Waals surface area contributed by atoms with Gasteiger partial charge in [-0.1, -0.05) is 12.1 Å². The van der Waals surface area contributed by atoms with Crippen LogP contribution in [0, 0.1) is 5.82 Å². The molecule has 0 saturated heterocycles. The molecule has 0 radical (unpaired) electrons. The largest absolute Gasteiger partial charge is 0.493 e. The number of esters is 2. The van der Waals surface area contributed by atoms with Crippen LogP contribution in [0.3, 0.4) is 0 Å². The Hall–Kier alpha value is -4.62. The fraction of sp³-hybridized carbons (Fsp3) is 0.250. The SMILES string of the molecule is O=C(CC(c1ccc(C(F)(F)F)c(F)c1)c1c[nH]c2cc(OCCCNc3ccccn3)ccc12)OC(=O)C(F)(F)F. The Labute approximate surface area is 233 Å². The zero-order valence-electron chi connectivity index (χ0n) is 21.5. The summed E-state index contributed by atoms with van der Waals surface area (Å²) in [4.78, 5) is 30.5. The third-order valence-electron chi connectivity index (χ3n) is 6.13. The summed E-state index contributed by atoms with van der Waals surface area (Å²) in [6.07, 6.45) is -7.68. The Morgan fingerprint density at radius 3 is 2.45 bits per heavy atom. The number of hydrogen-bond donors (Lipinski definition) is 2. The molecule has 0 spiro atoms. The molecule has 7 nitrogen and oxygen atoms in total. The van der Waals surface area contributed by atoms with E-state index in [0.717, 1.165) is 6.07 Å². The normalized spacial score (nSPS) is 12.6. The zero-order chi connectivity index (χ0) is 30.5. The van der Waals surface area contributed by atoms with Crippen LogP contribution < -0.4 is 10.1 Å². The van der Waals surface area contributed by atoms with E-state index in [1.807, 2.05) is 12.1 Å². The van der Waals surface area contributed by atoms with Crippen molar-refractivity contribution < 1.29 is 49.8 Å². The fourth-order valence-corrected chi connectivity index (χ4v) is 4.21. The quantitative estimate of drug-likeness (QED) is 0.0909. The van der Waals surface area contributed by atoms with Crippen LogP contribution in [0.15, 0.2) is 67.0 Å². The first kappa shape index (κ1) is 30.3. The van der Waals surface area contributed by atoms with Crippen molar-refractivity contribution in [1.29, 1.82) is 0 Å². The minimum Gasteiger partial charge on any atom is -0.493 e. The number of anilines is 1. The van der Waals surface area contributed by atoms with Gasteiger partial charge in [-0.2, -0.15) is 26.3 Å². The summed E-state index contributed by atoms with van der Waals surface area (Å²) in [6, 6.07) is 12.1. The number of carbonyl (C=O) groups excluding carboxylic acids is 2. The minimum atomic E-state index is -5.45. The highest BCUT2D eigenvalue weighted by Crippen LogP contribution is 2.38. The maximum absolute atomic E-state index is 14.4. The summed E-state index contributed by atoms with van der Waals surface area (Å²) in [5.41, 5.74) is -1.01. The minimum absolute atomic E-state index is 0.154. The number of aromatic nitrogens is 2. The van der Waals surface area contributed by atoms with Crippen molar-refractivity contribution >= 4 is 28.7 Å². The average Bonchev–Trinajstić information content (AvgIpc) is 3.34. The number of alkyl halides is 6. The number of pyridine rings is 1. The number of halogens is 7. The smallest absolute Gasteiger partial charge is 0.491 e. The lowest BCUT2D eigenvalue weighted by atomic mass is 9.87. The number of hydrogen-bond acceptors (Lipinski definition) is 6. The average molecular weight is 597 g/mol. The second-order valence-electron chi connectivity index (χ2n) is 9.05. The Morgan fingerprint density at radius 2 is 1.79 bits per heavy atom. The lowest BCUT2D eigenvalue weighted by Gasteiger charge is -2.18. The summed E-state index contributed by atoms with van der Waals surface area (Å²) >= 11 is 0.